The van der Waals surface area contributed by atoms with Crippen LogP contribution in [0.4, 0.5) is 0 Å². The quantitative estimate of drug-likeness (QED) is 0.897. The number of nitrogens with zero attached hydrogens (tertiary/aromatic N) is 4. The average Bonchev–Trinajstić information content (AvgIpc) is 2.86. The zero-order valence-corrected chi connectivity index (χ0v) is 13.3. The van der Waals surface area contributed by atoms with Crippen LogP contribution in [0.15, 0.2) is 6.20 Å². The predicted octanol–water partition coefficient (Wildman–Crippen LogP) is 2.20. The molecule has 20 heavy (non-hydrogen) atoms. The molecule has 0 aromatic carbocycles. The Labute approximate surface area is 122 Å². The first-order chi connectivity index (χ1) is 9.51. The summed E-state index contributed by atoms with van der Waals surface area (Å²) in [6, 6.07) is -0.0261. The minimum atomic E-state index is -0.0261. The Morgan fingerprint density at radius 3 is 2.90 bits per heavy atom. The van der Waals surface area contributed by atoms with E-state index in [0.29, 0.717) is 0 Å². The van der Waals surface area contributed by atoms with Crippen LogP contribution >= 0.6 is 0 Å². The van der Waals surface area contributed by atoms with Gasteiger partial charge in [-0.05, 0) is 39.3 Å². The van der Waals surface area contributed by atoms with Gasteiger partial charge in [0.1, 0.15) is 0 Å². The van der Waals surface area contributed by atoms with Crippen molar-refractivity contribution in [1.82, 2.24) is 19.9 Å². The maximum Gasteiger partial charge on any atom is 0.0773 e. The van der Waals surface area contributed by atoms with Gasteiger partial charge < -0.3 is 10.6 Å². The molecule has 5 nitrogen and oxygen atoms in total. The smallest absolute Gasteiger partial charge is 0.0773 e. The first-order valence-electron chi connectivity index (χ1n) is 7.82. The van der Waals surface area contributed by atoms with E-state index in [1.54, 1.807) is 0 Å². The monoisotopic (exact) mass is 279 g/mol. The minimum absolute atomic E-state index is 0.0261. The van der Waals surface area contributed by atoms with Crippen molar-refractivity contribution in [2.45, 2.75) is 64.1 Å². The third kappa shape index (κ3) is 2.74. The molecule has 0 saturated heterocycles. The molecule has 0 radical (unpaired) electrons. The molecule has 2 N–H and O–H groups in total. The molecular weight excluding hydrogens is 250 g/mol. The van der Waals surface area contributed by atoms with Gasteiger partial charge in [0.15, 0.2) is 0 Å². The van der Waals surface area contributed by atoms with E-state index in [9.17, 15) is 0 Å². The van der Waals surface area contributed by atoms with E-state index in [1.165, 1.54) is 12.8 Å². The van der Waals surface area contributed by atoms with Gasteiger partial charge in [0, 0.05) is 12.1 Å². The molecule has 1 aromatic heterocycles. The normalized spacial score (nSPS) is 28.8. The third-order valence-electron chi connectivity index (χ3n) is 4.88. The second-order valence-electron chi connectivity index (χ2n) is 6.56. The molecular formula is C15H29N5. The molecule has 1 aromatic rings. The molecule has 1 saturated carbocycles. The highest BCUT2D eigenvalue weighted by Crippen LogP contribution is 2.42. The number of rotatable bonds is 5. The van der Waals surface area contributed by atoms with Gasteiger partial charge >= 0.3 is 0 Å². The van der Waals surface area contributed by atoms with Gasteiger partial charge in [-0.2, -0.15) is 0 Å². The summed E-state index contributed by atoms with van der Waals surface area (Å²) < 4.78 is 1.98. The standard InChI is InChI=1S/C15H29N5/c1-5-9-20-13(11-17-18-20)14(16)15(19(3)4)8-6-7-12(2)10-15/h11-12,14H,5-10,16H2,1-4H3. The van der Waals surface area contributed by atoms with Gasteiger partial charge in [-0.25, -0.2) is 4.68 Å². The first kappa shape index (κ1) is 15.4. The second kappa shape index (κ2) is 6.22. The molecule has 1 aliphatic rings. The fraction of sp³-hybridized carbons (Fsp3) is 0.867. The van der Waals surface area contributed by atoms with Crippen LogP contribution in [0.25, 0.3) is 0 Å². The maximum absolute atomic E-state index is 6.70. The van der Waals surface area contributed by atoms with Crippen molar-refractivity contribution in [3.05, 3.63) is 11.9 Å². The van der Waals surface area contributed by atoms with Crippen molar-refractivity contribution in [2.24, 2.45) is 11.7 Å². The third-order valence-corrected chi connectivity index (χ3v) is 4.88. The van der Waals surface area contributed by atoms with E-state index >= 15 is 0 Å². The summed E-state index contributed by atoms with van der Waals surface area (Å²) in [7, 11) is 4.32. The van der Waals surface area contributed by atoms with E-state index in [0.717, 1.165) is 37.4 Å². The zero-order chi connectivity index (χ0) is 14.8. The SMILES string of the molecule is CCCn1nncc1C(N)C1(N(C)C)CCCC(C)C1. The van der Waals surface area contributed by atoms with E-state index in [4.69, 9.17) is 5.73 Å². The lowest BCUT2D eigenvalue weighted by atomic mass is 9.71. The molecule has 0 amide bonds. The van der Waals surface area contributed by atoms with Gasteiger partial charge in [0.05, 0.1) is 17.9 Å². The van der Waals surface area contributed by atoms with Crippen molar-refractivity contribution in [1.29, 1.82) is 0 Å². The fourth-order valence-electron chi connectivity index (χ4n) is 3.70. The van der Waals surface area contributed by atoms with Gasteiger partial charge in [0.25, 0.3) is 0 Å². The van der Waals surface area contributed by atoms with Gasteiger partial charge in [-0.1, -0.05) is 31.9 Å². The molecule has 0 aliphatic heterocycles. The summed E-state index contributed by atoms with van der Waals surface area (Å²) in [5.74, 6) is 0.729. The number of likely N-dealkylation sites (N-methyl/N-ethyl adjacent to an activating group) is 1. The number of hydrogen-bond acceptors (Lipinski definition) is 4. The Kier molecular flexibility index (Phi) is 4.81. The van der Waals surface area contributed by atoms with E-state index in [-0.39, 0.29) is 11.6 Å². The maximum atomic E-state index is 6.70. The predicted molar refractivity (Wildman–Crippen MR) is 81.3 cm³/mol. The number of aryl methyl sites for hydroxylation is 1. The fourth-order valence-corrected chi connectivity index (χ4v) is 3.70. The highest BCUT2D eigenvalue weighted by Gasteiger charge is 2.43. The lowest BCUT2D eigenvalue weighted by Gasteiger charge is -2.48. The average molecular weight is 279 g/mol. The number of hydrogen-bond donors (Lipinski definition) is 1. The largest absolute Gasteiger partial charge is 0.321 e. The van der Waals surface area contributed by atoms with E-state index < -0.39 is 0 Å². The summed E-state index contributed by atoms with van der Waals surface area (Å²) >= 11 is 0. The molecule has 114 valence electrons. The first-order valence-corrected chi connectivity index (χ1v) is 7.82. The minimum Gasteiger partial charge on any atom is -0.321 e. The van der Waals surface area contributed by atoms with Crippen LogP contribution in [0.1, 0.15) is 57.7 Å². The van der Waals surface area contributed by atoms with Crippen LogP contribution in [0.2, 0.25) is 0 Å². The molecule has 1 aliphatic carbocycles. The Hall–Kier alpha value is -0.940. The highest BCUT2D eigenvalue weighted by molar-refractivity contribution is 5.13. The Balaban J connectivity index is 2.31. The number of aromatic nitrogens is 3. The summed E-state index contributed by atoms with van der Waals surface area (Å²) in [6.07, 6.45) is 7.78. The van der Waals surface area contributed by atoms with Crippen LogP contribution in [-0.4, -0.2) is 39.5 Å². The van der Waals surface area contributed by atoms with E-state index in [1.807, 2.05) is 10.9 Å². The molecule has 0 bridgehead atoms. The van der Waals surface area contributed by atoms with Crippen LogP contribution in [-0.2, 0) is 6.54 Å². The Morgan fingerprint density at radius 2 is 2.30 bits per heavy atom. The number of nitrogens with two attached hydrogens (primary N) is 1. The van der Waals surface area contributed by atoms with Crippen LogP contribution in [0.5, 0.6) is 0 Å². The zero-order valence-electron chi connectivity index (χ0n) is 13.3. The van der Waals surface area contributed by atoms with Crippen LogP contribution in [0.3, 0.4) is 0 Å². The van der Waals surface area contributed by atoms with Crippen molar-refractivity contribution in [2.75, 3.05) is 14.1 Å². The van der Waals surface area contributed by atoms with Crippen molar-refractivity contribution >= 4 is 0 Å². The van der Waals surface area contributed by atoms with Gasteiger partial charge in [-0.15, -0.1) is 5.10 Å². The molecule has 3 unspecified atom stereocenters. The lowest BCUT2D eigenvalue weighted by molar-refractivity contribution is 0.0471. The molecule has 5 heteroatoms. The highest BCUT2D eigenvalue weighted by atomic mass is 15.4. The summed E-state index contributed by atoms with van der Waals surface area (Å²) in [5, 5.41) is 8.28. The van der Waals surface area contributed by atoms with E-state index in [2.05, 4.69) is 43.2 Å². The van der Waals surface area contributed by atoms with Crippen molar-refractivity contribution in [3.63, 3.8) is 0 Å². The molecule has 1 fully saturated rings. The van der Waals surface area contributed by atoms with Crippen LogP contribution < -0.4 is 5.73 Å². The molecule has 0 spiro atoms. The van der Waals surface area contributed by atoms with Crippen molar-refractivity contribution < 1.29 is 0 Å². The Morgan fingerprint density at radius 1 is 1.55 bits per heavy atom. The molecule has 3 atom stereocenters. The Bertz CT molecular complexity index is 428. The lowest BCUT2D eigenvalue weighted by Crippen LogP contribution is -2.55. The molecule has 1 heterocycles. The van der Waals surface area contributed by atoms with Crippen molar-refractivity contribution in [3.8, 4) is 0 Å². The summed E-state index contributed by atoms with van der Waals surface area (Å²) in [6.45, 7) is 5.38. The van der Waals surface area contributed by atoms with Crippen LogP contribution in [0, 0.1) is 5.92 Å². The molecule has 2 rings (SSSR count). The van der Waals surface area contributed by atoms with Gasteiger partial charge in [-0.3, -0.25) is 0 Å². The summed E-state index contributed by atoms with van der Waals surface area (Å²) in [5.41, 5.74) is 7.81. The topological polar surface area (TPSA) is 60.0 Å². The second-order valence-corrected chi connectivity index (χ2v) is 6.56. The van der Waals surface area contributed by atoms with Gasteiger partial charge in [0.2, 0.25) is 0 Å². The summed E-state index contributed by atoms with van der Waals surface area (Å²) in [4.78, 5) is 2.33.